The Morgan fingerprint density at radius 1 is 1.07 bits per heavy atom. The molecule has 1 aliphatic rings. The summed E-state index contributed by atoms with van der Waals surface area (Å²) in [5.41, 5.74) is 4.50. The fraction of sp³-hybridized carbons (Fsp3) is 0.391. The van der Waals surface area contributed by atoms with E-state index >= 15 is 0 Å². The first-order valence-electron chi connectivity index (χ1n) is 9.50. The number of aryl methyl sites for hydroxylation is 2. The van der Waals surface area contributed by atoms with Crippen molar-refractivity contribution < 1.29 is 14.3 Å². The summed E-state index contributed by atoms with van der Waals surface area (Å²) in [5.74, 6) is 0.166. The van der Waals surface area contributed by atoms with E-state index in [0.717, 1.165) is 5.56 Å². The third-order valence-electron chi connectivity index (χ3n) is 5.44. The van der Waals surface area contributed by atoms with Crippen LogP contribution in [0.4, 0.5) is 4.79 Å². The average molecular weight is 365 g/mol. The van der Waals surface area contributed by atoms with Crippen molar-refractivity contribution in [1.29, 1.82) is 0 Å². The normalized spacial score (nSPS) is 17.9. The van der Waals surface area contributed by atoms with E-state index in [2.05, 4.69) is 39.8 Å². The number of cyclic esters (lactones) is 1. The van der Waals surface area contributed by atoms with Gasteiger partial charge in [-0.05, 0) is 47.9 Å². The molecule has 4 heteroatoms. The first kappa shape index (κ1) is 19.2. The molecule has 2 amide bonds. The summed E-state index contributed by atoms with van der Waals surface area (Å²) in [6.07, 6.45) is -0.250. The Morgan fingerprint density at radius 2 is 1.70 bits per heavy atom. The highest BCUT2D eigenvalue weighted by Crippen LogP contribution is 2.35. The predicted octanol–water partition coefficient (Wildman–Crippen LogP) is 5.15. The molecule has 0 radical (unpaired) electrons. The van der Waals surface area contributed by atoms with Gasteiger partial charge in [0, 0.05) is 6.42 Å². The average Bonchev–Trinajstić information content (AvgIpc) is 3.02. The van der Waals surface area contributed by atoms with Crippen LogP contribution in [0.5, 0.6) is 0 Å². The van der Waals surface area contributed by atoms with Crippen LogP contribution in [0.25, 0.3) is 0 Å². The van der Waals surface area contributed by atoms with Gasteiger partial charge in [0.15, 0.2) is 0 Å². The van der Waals surface area contributed by atoms with E-state index in [-0.39, 0.29) is 30.4 Å². The lowest BCUT2D eigenvalue weighted by Crippen LogP contribution is -2.35. The lowest BCUT2D eigenvalue weighted by Gasteiger charge is -2.27. The summed E-state index contributed by atoms with van der Waals surface area (Å²) in [7, 11) is 0. The van der Waals surface area contributed by atoms with Crippen LogP contribution in [0.15, 0.2) is 48.5 Å². The minimum absolute atomic E-state index is 0.0588. The molecule has 4 nitrogen and oxygen atoms in total. The second-order valence-corrected chi connectivity index (χ2v) is 7.63. The molecule has 2 aromatic carbocycles. The number of ether oxygens (including phenoxy) is 1. The number of imide groups is 1. The quantitative estimate of drug-likeness (QED) is 0.736. The minimum Gasteiger partial charge on any atom is -0.446 e. The Balaban J connectivity index is 1.88. The zero-order chi connectivity index (χ0) is 19.6. The largest absolute Gasteiger partial charge is 0.446 e. The van der Waals surface area contributed by atoms with Gasteiger partial charge in [-0.3, -0.25) is 4.79 Å². The number of benzene rings is 2. The van der Waals surface area contributed by atoms with Crippen molar-refractivity contribution in [2.75, 3.05) is 6.61 Å². The zero-order valence-corrected chi connectivity index (χ0v) is 16.4. The molecule has 0 saturated carbocycles. The van der Waals surface area contributed by atoms with Crippen LogP contribution in [0, 0.1) is 19.8 Å². The van der Waals surface area contributed by atoms with E-state index in [0.29, 0.717) is 6.42 Å². The first-order valence-corrected chi connectivity index (χ1v) is 9.50. The van der Waals surface area contributed by atoms with Crippen molar-refractivity contribution in [3.63, 3.8) is 0 Å². The maximum absolute atomic E-state index is 13.2. The first-order chi connectivity index (χ1) is 12.9. The second kappa shape index (κ2) is 7.95. The van der Waals surface area contributed by atoms with Crippen molar-refractivity contribution in [3.05, 3.63) is 70.8 Å². The van der Waals surface area contributed by atoms with E-state index in [9.17, 15) is 9.59 Å². The molecule has 1 heterocycles. The van der Waals surface area contributed by atoms with Gasteiger partial charge in [0.25, 0.3) is 0 Å². The molecule has 3 rings (SSSR count). The van der Waals surface area contributed by atoms with Gasteiger partial charge in [0.2, 0.25) is 5.91 Å². The Hall–Kier alpha value is -2.62. The van der Waals surface area contributed by atoms with Crippen molar-refractivity contribution in [3.8, 4) is 0 Å². The second-order valence-electron chi connectivity index (χ2n) is 7.63. The van der Waals surface area contributed by atoms with Gasteiger partial charge < -0.3 is 4.74 Å². The molecule has 142 valence electrons. The highest BCUT2D eigenvalue weighted by Gasteiger charge is 2.40. The highest BCUT2D eigenvalue weighted by atomic mass is 16.6. The molecule has 2 aromatic rings. The zero-order valence-electron chi connectivity index (χ0n) is 16.4. The third kappa shape index (κ3) is 3.90. The Bertz CT molecular complexity index is 809. The molecule has 1 saturated heterocycles. The molecule has 2 atom stereocenters. The SMILES string of the molecule is Cc1cccc(C)c1[C@@H](CC(=O)N1C(=O)OC[C@@H]1c1ccccc1)C(C)C. The molecule has 1 aliphatic heterocycles. The van der Waals surface area contributed by atoms with Crippen LogP contribution < -0.4 is 0 Å². The van der Waals surface area contributed by atoms with Crippen LogP contribution in [-0.4, -0.2) is 23.5 Å². The maximum atomic E-state index is 13.2. The molecule has 0 spiro atoms. The molecule has 0 bridgehead atoms. The number of amides is 2. The van der Waals surface area contributed by atoms with E-state index in [1.807, 2.05) is 36.4 Å². The molecule has 0 aromatic heterocycles. The van der Waals surface area contributed by atoms with Gasteiger partial charge >= 0.3 is 6.09 Å². The van der Waals surface area contributed by atoms with Gasteiger partial charge in [-0.2, -0.15) is 0 Å². The fourth-order valence-corrected chi connectivity index (χ4v) is 3.99. The van der Waals surface area contributed by atoms with Crippen molar-refractivity contribution in [1.82, 2.24) is 4.90 Å². The third-order valence-corrected chi connectivity index (χ3v) is 5.44. The summed E-state index contributed by atoms with van der Waals surface area (Å²) in [6.45, 7) is 8.63. The van der Waals surface area contributed by atoms with Crippen molar-refractivity contribution in [2.45, 2.75) is 46.1 Å². The van der Waals surface area contributed by atoms with Gasteiger partial charge in [0.1, 0.15) is 12.6 Å². The molecular weight excluding hydrogens is 338 g/mol. The maximum Gasteiger partial charge on any atom is 0.417 e. The van der Waals surface area contributed by atoms with Crippen LogP contribution >= 0.6 is 0 Å². The summed E-state index contributed by atoms with van der Waals surface area (Å²) < 4.78 is 5.22. The van der Waals surface area contributed by atoms with Gasteiger partial charge in [0.05, 0.1) is 0 Å². The van der Waals surface area contributed by atoms with E-state index < -0.39 is 6.09 Å². The molecule has 0 aliphatic carbocycles. The van der Waals surface area contributed by atoms with E-state index in [1.165, 1.54) is 21.6 Å². The molecule has 1 fully saturated rings. The van der Waals surface area contributed by atoms with Gasteiger partial charge in [-0.25, -0.2) is 9.69 Å². The molecule has 0 N–H and O–H groups in total. The Morgan fingerprint density at radius 3 is 2.30 bits per heavy atom. The lowest BCUT2D eigenvalue weighted by atomic mass is 9.81. The number of rotatable bonds is 5. The number of hydrogen-bond acceptors (Lipinski definition) is 3. The Kier molecular flexibility index (Phi) is 5.64. The van der Waals surface area contributed by atoms with Crippen molar-refractivity contribution in [2.24, 2.45) is 5.92 Å². The van der Waals surface area contributed by atoms with Crippen LogP contribution in [-0.2, 0) is 9.53 Å². The van der Waals surface area contributed by atoms with Gasteiger partial charge in [-0.1, -0.05) is 62.4 Å². The summed E-state index contributed by atoms with van der Waals surface area (Å²) in [4.78, 5) is 26.8. The van der Waals surface area contributed by atoms with Gasteiger partial charge in [-0.15, -0.1) is 0 Å². The number of nitrogens with zero attached hydrogens (tertiary/aromatic N) is 1. The summed E-state index contributed by atoms with van der Waals surface area (Å²) >= 11 is 0. The fourth-order valence-electron chi connectivity index (χ4n) is 3.99. The van der Waals surface area contributed by atoms with E-state index in [1.54, 1.807) is 0 Å². The number of carbonyl (C=O) groups is 2. The predicted molar refractivity (Wildman–Crippen MR) is 105 cm³/mol. The van der Waals surface area contributed by atoms with Crippen LogP contribution in [0.3, 0.4) is 0 Å². The number of hydrogen-bond donors (Lipinski definition) is 0. The van der Waals surface area contributed by atoms with Crippen LogP contribution in [0.1, 0.15) is 54.5 Å². The molecule has 27 heavy (non-hydrogen) atoms. The topological polar surface area (TPSA) is 46.6 Å². The highest BCUT2D eigenvalue weighted by molar-refractivity contribution is 5.94. The van der Waals surface area contributed by atoms with E-state index in [4.69, 9.17) is 4.74 Å². The smallest absolute Gasteiger partial charge is 0.417 e. The monoisotopic (exact) mass is 365 g/mol. The standard InChI is InChI=1S/C23H27NO3/c1-15(2)19(22-16(3)9-8-10-17(22)4)13-21(25)24-20(14-27-23(24)26)18-11-6-5-7-12-18/h5-12,15,19-20H,13-14H2,1-4H3/t19-,20+/m0/s1. The summed E-state index contributed by atoms with van der Waals surface area (Å²) in [6, 6.07) is 15.5. The van der Waals surface area contributed by atoms with Crippen molar-refractivity contribution >= 4 is 12.0 Å². The molecular formula is C23H27NO3. The summed E-state index contributed by atoms with van der Waals surface area (Å²) in [5, 5.41) is 0. The Labute approximate surface area is 161 Å². The lowest BCUT2D eigenvalue weighted by molar-refractivity contribution is -0.130. The minimum atomic E-state index is -0.544. The van der Waals surface area contributed by atoms with Crippen LogP contribution in [0.2, 0.25) is 0 Å². The number of carbonyl (C=O) groups excluding carboxylic acids is 2. The molecule has 0 unspecified atom stereocenters.